The smallest absolute Gasteiger partial charge is 0.387 e. The van der Waals surface area contributed by atoms with E-state index in [-0.39, 0.29) is 16.2 Å². The van der Waals surface area contributed by atoms with Crippen LogP contribution in [-0.4, -0.2) is 50.9 Å². The van der Waals surface area contributed by atoms with Crippen molar-refractivity contribution in [3.05, 3.63) is 54.1 Å². The standard InChI is InChI=1S/C20H22F2N2O6S/c1-3-24(4-2)31(27,28)15-11-9-14(10-12-15)23-18(25)13-29-19(26)16-7-5-6-8-17(16)30-20(21)22/h5-12,20H,3-4,13H2,1-2H3,(H,23,25). The van der Waals surface area contributed by atoms with Gasteiger partial charge in [-0.3, -0.25) is 4.79 Å². The molecule has 0 aliphatic heterocycles. The molecule has 0 fully saturated rings. The molecule has 0 saturated carbocycles. The molecule has 168 valence electrons. The molecule has 2 rings (SSSR count). The summed E-state index contributed by atoms with van der Waals surface area (Å²) >= 11 is 0. The van der Waals surface area contributed by atoms with Gasteiger partial charge in [0.25, 0.3) is 5.91 Å². The van der Waals surface area contributed by atoms with Gasteiger partial charge in [0.2, 0.25) is 10.0 Å². The molecular weight excluding hydrogens is 434 g/mol. The fourth-order valence-corrected chi connectivity index (χ4v) is 4.12. The molecule has 0 bridgehead atoms. The lowest BCUT2D eigenvalue weighted by molar-refractivity contribution is -0.119. The second kappa shape index (κ2) is 10.8. The van der Waals surface area contributed by atoms with Crippen LogP contribution in [0.4, 0.5) is 14.5 Å². The molecule has 0 aromatic heterocycles. The Morgan fingerprint density at radius 1 is 1.03 bits per heavy atom. The first-order valence-electron chi connectivity index (χ1n) is 9.30. The molecule has 2 aromatic carbocycles. The third-order valence-corrected chi connectivity index (χ3v) is 6.20. The third kappa shape index (κ3) is 6.46. The molecule has 1 N–H and O–H groups in total. The van der Waals surface area contributed by atoms with E-state index in [0.717, 1.165) is 0 Å². The van der Waals surface area contributed by atoms with Crippen molar-refractivity contribution in [2.45, 2.75) is 25.4 Å². The summed E-state index contributed by atoms with van der Waals surface area (Å²) in [6, 6.07) is 10.8. The number of sulfonamides is 1. The van der Waals surface area contributed by atoms with E-state index < -0.39 is 35.1 Å². The summed E-state index contributed by atoms with van der Waals surface area (Å²) in [7, 11) is -3.63. The van der Waals surface area contributed by atoms with Gasteiger partial charge in [-0.15, -0.1) is 0 Å². The Hall–Kier alpha value is -3.05. The Balaban J connectivity index is 1.97. The second-order valence-corrected chi connectivity index (χ2v) is 8.05. The molecule has 11 heteroatoms. The van der Waals surface area contributed by atoms with Crippen LogP contribution in [-0.2, 0) is 19.6 Å². The van der Waals surface area contributed by atoms with Gasteiger partial charge in [0.15, 0.2) is 6.61 Å². The van der Waals surface area contributed by atoms with Crippen molar-refractivity contribution in [2.75, 3.05) is 25.0 Å². The number of carbonyl (C=O) groups is 2. The highest BCUT2D eigenvalue weighted by Crippen LogP contribution is 2.21. The number of nitrogens with one attached hydrogen (secondary N) is 1. The van der Waals surface area contributed by atoms with Gasteiger partial charge in [-0.1, -0.05) is 26.0 Å². The van der Waals surface area contributed by atoms with Crippen molar-refractivity contribution in [1.29, 1.82) is 0 Å². The van der Waals surface area contributed by atoms with Crippen LogP contribution in [0, 0.1) is 0 Å². The van der Waals surface area contributed by atoms with E-state index in [1.54, 1.807) is 13.8 Å². The predicted molar refractivity (Wildman–Crippen MR) is 109 cm³/mol. The van der Waals surface area contributed by atoms with E-state index in [1.165, 1.54) is 52.8 Å². The molecular formula is C20H22F2N2O6S. The van der Waals surface area contributed by atoms with E-state index in [1.807, 2.05) is 0 Å². The Morgan fingerprint density at radius 3 is 2.23 bits per heavy atom. The highest BCUT2D eigenvalue weighted by atomic mass is 32.2. The highest BCUT2D eigenvalue weighted by molar-refractivity contribution is 7.89. The normalized spacial score (nSPS) is 11.4. The zero-order valence-corrected chi connectivity index (χ0v) is 17.7. The van der Waals surface area contributed by atoms with Crippen molar-refractivity contribution in [1.82, 2.24) is 4.31 Å². The number of alkyl halides is 2. The van der Waals surface area contributed by atoms with Crippen molar-refractivity contribution >= 4 is 27.6 Å². The first-order chi connectivity index (χ1) is 14.7. The summed E-state index contributed by atoms with van der Waals surface area (Å²) in [6.07, 6.45) is 0. The van der Waals surface area contributed by atoms with E-state index in [9.17, 15) is 26.8 Å². The lowest BCUT2D eigenvalue weighted by Crippen LogP contribution is -2.30. The van der Waals surface area contributed by atoms with Crippen molar-refractivity contribution in [3.8, 4) is 5.75 Å². The maximum Gasteiger partial charge on any atom is 0.387 e. The maximum atomic E-state index is 12.5. The number of benzene rings is 2. The Bertz CT molecular complexity index is 1010. The molecule has 0 heterocycles. The average molecular weight is 456 g/mol. The Kier molecular flexibility index (Phi) is 8.46. The zero-order valence-electron chi connectivity index (χ0n) is 16.9. The van der Waals surface area contributed by atoms with Gasteiger partial charge >= 0.3 is 12.6 Å². The second-order valence-electron chi connectivity index (χ2n) is 6.11. The van der Waals surface area contributed by atoms with Crippen LogP contribution in [0.15, 0.2) is 53.4 Å². The molecule has 0 aliphatic carbocycles. The van der Waals surface area contributed by atoms with Gasteiger partial charge in [-0.25, -0.2) is 13.2 Å². The van der Waals surface area contributed by atoms with Gasteiger partial charge in [-0.2, -0.15) is 13.1 Å². The van der Waals surface area contributed by atoms with Gasteiger partial charge in [0, 0.05) is 18.8 Å². The number of halogens is 2. The molecule has 0 aliphatic rings. The number of ether oxygens (including phenoxy) is 2. The van der Waals surface area contributed by atoms with Gasteiger partial charge in [-0.05, 0) is 36.4 Å². The zero-order chi connectivity index (χ0) is 23.0. The molecule has 0 spiro atoms. The molecule has 0 atom stereocenters. The van der Waals surface area contributed by atoms with Gasteiger partial charge in [0.1, 0.15) is 11.3 Å². The number of nitrogens with zero attached hydrogens (tertiary/aromatic N) is 1. The monoisotopic (exact) mass is 456 g/mol. The molecule has 2 aromatic rings. The lowest BCUT2D eigenvalue weighted by atomic mass is 10.2. The molecule has 0 unspecified atom stereocenters. The lowest BCUT2D eigenvalue weighted by Gasteiger charge is -2.18. The van der Waals surface area contributed by atoms with Gasteiger partial charge in [0.05, 0.1) is 4.90 Å². The van der Waals surface area contributed by atoms with Crippen LogP contribution in [0.1, 0.15) is 24.2 Å². The molecule has 8 nitrogen and oxygen atoms in total. The topological polar surface area (TPSA) is 102 Å². The third-order valence-electron chi connectivity index (χ3n) is 4.14. The number of rotatable bonds is 10. The van der Waals surface area contributed by atoms with Crippen LogP contribution in [0.25, 0.3) is 0 Å². The number of hydrogen-bond acceptors (Lipinski definition) is 6. The SMILES string of the molecule is CCN(CC)S(=O)(=O)c1ccc(NC(=O)COC(=O)c2ccccc2OC(F)F)cc1. The minimum Gasteiger partial charge on any atom is -0.452 e. The van der Waals surface area contributed by atoms with E-state index in [0.29, 0.717) is 18.8 Å². The summed E-state index contributed by atoms with van der Waals surface area (Å²) in [6.45, 7) is 0.318. The summed E-state index contributed by atoms with van der Waals surface area (Å²) in [5.41, 5.74) is 0.0440. The number of amides is 1. The van der Waals surface area contributed by atoms with Crippen LogP contribution in [0.2, 0.25) is 0 Å². The fraction of sp³-hybridized carbons (Fsp3) is 0.300. The minimum atomic E-state index is -3.63. The van der Waals surface area contributed by atoms with E-state index in [2.05, 4.69) is 10.1 Å². The molecule has 0 radical (unpaired) electrons. The predicted octanol–water partition coefficient (Wildman–Crippen LogP) is 3.11. The highest BCUT2D eigenvalue weighted by Gasteiger charge is 2.21. The van der Waals surface area contributed by atoms with Crippen LogP contribution in [0.5, 0.6) is 5.75 Å². The van der Waals surface area contributed by atoms with Crippen molar-refractivity contribution < 1.29 is 36.3 Å². The Morgan fingerprint density at radius 2 is 1.65 bits per heavy atom. The van der Waals surface area contributed by atoms with E-state index >= 15 is 0 Å². The van der Waals surface area contributed by atoms with Crippen LogP contribution < -0.4 is 10.1 Å². The molecule has 0 saturated heterocycles. The van der Waals surface area contributed by atoms with Crippen molar-refractivity contribution in [2.24, 2.45) is 0 Å². The van der Waals surface area contributed by atoms with Crippen LogP contribution in [0.3, 0.4) is 0 Å². The summed E-state index contributed by atoms with van der Waals surface area (Å²) < 4.78 is 60.2. The first kappa shape index (κ1) is 24.2. The number of hydrogen-bond donors (Lipinski definition) is 1. The summed E-state index contributed by atoms with van der Waals surface area (Å²) in [5, 5.41) is 2.46. The number of anilines is 1. The van der Waals surface area contributed by atoms with Crippen molar-refractivity contribution in [3.63, 3.8) is 0 Å². The van der Waals surface area contributed by atoms with Gasteiger partial charge < -0.3 is 14.8 Å². The molecule has 31 heavy (non-hydrogen) atoms. The average Bonchev–Trinajstić information content (AvgIpc) is 2.73. The van der Waals surface area contributed by atoms with E-state index in [4.69, 9.17) is 4.74 Å². The Labute approximate surface area is 178 Å². The largest absolute Gasteiger partial charge is 0.452 e. The quantitative estimate of drug-likeness (QED) is 0.551. The fourth-order valence-electron chi connectivity index (χ4n) is 2.66. The first-order valence-corrected chi connectivity index (χ1v) is 10.7. The minimum absolute atomic E-state index is 0.0799. The summed E-state index contributed by atoms with van der Waals surface area (Å²) in [4.78, 5) is 24.2. The van der Waals surface area contributed by atoms with Crippen LogP contribution >= 0.6 is 0 Å². The number of para-hydroxylation sites is 1. The maximum absolute atomic E-state index is 12.5. The molecule has 1 amide bonds. The number of esters is 1. The summed E-state index contributed by atoms with van der Waals surface area (Å²) in [5.74, 6) is -2.07. The number of carbonyl (C=O) groups excluding carboxylic acids is 2.